The second-order valence-corrected chi connectivity index (χ2v) is 5.13. The van der Waals surface area contributed by atoms with Gasteiger partial charge < -0.3 is 5.32 Å². The molecule has 0 aliphatic rings. The highest BCUT2D eigenvalue weighted by Crippen LogP contribution is 2.27. The van der Waals surface area contributed by atoms with Crippen LogP contribution in [0.15, 0.2) is 16.9 Å². The molecule has 1 N–H and O–H groups in total. The summed E-state index contributed by atoms with van der Waals surface area (Å²) in [4.78, 5) is 0. The first kappa shape index (κ1) is 12.7. The molecule has 0 spiro atoms. The predicted octanol–water partition coefficient (Wildman–Crippen LogP) is 2.12. The highest BCUT2D eigenvalue weighted by atomic mass is 79.9. The maximum atomic E-state index is 4.31. The van der Waals surface area contributed by atoms with Gasteiger partial charge in [0, 0.05) is 7.05 Å². The summed E-state index contributed by atoms with van der Waals surface area (Å²) in [5.74, 6) is 0. The van der Waals surface area contributed by atoms with E-state index in [1.165, 1.54) is 11.7 Å². The molecule has 0 aromatic carbocycles. The first-order chi connectivity index (χ1) is 8.24. The Balaban J connectivity index is 2.33. The second kappa shape index (κ2) is 5.70. The quantitative estimate of drug-likeness (QED) is 0.918. The molecule has 0 saturated carbocycles. The Morgan fingerprint density at radius 2 is 2.35 bits per heavy atom. The van der Waals surface area contributed by atoms with Gasteiger partial charge in [0.2, 0.25) is 0 Å². The molecule has 2 aromatic heterocycles. The summed E-state index contributed by atoms with van der Waals surface area (Å²) in [6.07, 6.45) is 4.68. The fourth-order valence-corrected chi connectivity index (χ4v) is 2.70. The van der Waals surface area contributed by atoms with Gasteiger partial charge in [-0.2, -0.15) is 13.8 Å². The second-order valence-electron chi connectivity index (χ2n) is 3.72. The van der Waals surface area contributed by atoms with Crippen molar-refractivity contribution in [1.82, 2.24) is 23.8 Å². The largest absolute Gasteiger partial charge is 0.304 e. The Labute approximate surface area is 113 Å². The Morgan fingerprint density at radius 3 is 2.88 bits per heavy atom. The molecule has 0 bridgehead atoms. The van der Waals surface area contributed by atoms with Crippen LogP contribution >= 0.6 is 27.7 Å². The van der Waals surface area contributed by atoms with Crippen molar-refractivity contribution >= 4 is 27.7 Å². The zero-order valence-corrected chi connectivity index (χ0v) is 12.1. The SMILES string of the molecule is CCCNC(c1cnsn1)c1c(Br)cnn1C. The summed E-state index contributed by atoms with van der Waals surface area (Å²) < 4.78 is 11.2. The lowest BCUT2D eigenvalue weighted by Gasteiger charge is -2.17. The van der Waals surface area contributed by atoms with Crippen molar-refractivity contribution < 1.29 is 0 Å². The van der Waals surface area contributed by atoms with Crippen molar-refractivity contribution in [2.75, 3.05) is 6.54 Å². The molecule has 5 nitrogen and oxygen atoms in total. The minimum absolute atomic E-state index is 0.0376. The van der Waals surface area contributed by atoms with Crippen LogP contribution in [0.1, 0.15) is 30.8 Å². The van der Waals surface area contributed by atoms with Gasteiger partial charge in [0.1, 0.15) is 0 Å². The van der Waals surface area contributed by atoms with Gasteiger partial charge in [-0.15, -0.1) is 0 Å². The maximum Gasteiger partial charge on any atom is 0.0974 e. The monoisotopic (exact) mass is 315 g/mol. The number of nitrogens with zero attached hydrogens (tertiary/aromatic N) is 4. The molecule has 0 amide bonds. The zero-order chi connectivity index (χ0) is 12.3. The Hall–Kier alpha value is -0.790. The number of hydrogen-bond donors (Lipinski definition) is 1. The van der Waals surface area contributed by atoms with Crippen molar-refractivity contribution in [1.29, 1.82) is 0 Å². The third kappa shape index (κ3) is 2.72. The summed E-state index contributed by atoms with van der Waals surface area (Å²) in [5, 5.41) is 7.71. The molecule has 2 rings (SSSR count). The van der Waals surface area contributed by atoms with Gasteiger partial charge in [-0.25, -0.2) is 0 Å². The molecule has 0 fully saturated rings. The minimum Gasteiger partial charge on any atom is -0.304 e. The van der Waals surface area contributed by atoms with E-state index in [4.69, 9.17) is 0 Å². The molecule has 2 heterocycles. The van der Waals surface area contributed by atoms with Gasteiger partial charge in [-0.3, -0.25) is 4.68 Å². The van der Waals surface area contributed by atoms with E-state index in [-0.39, 0.29) is 6.04 Å². The average Bonchev–Trinajstić information content (AvgIpc) is 2.93. The number of nitrogens with one attached hydrogen (secondary N) is 1. The van der Waals surface area contributed by atoms with Crippen LogP contribution in [0.2, 0.25) is 0 Å². The van der Waals surface area contributed by atoms with Crippen LogP contribution in [0, 0.1) is 0 Å². The number of hydrogen-bond acceptors (Lipinski definition) is 5. The van der Waals surface area contributed by atoms with E-state index in [1.807, 2.05) is 11.7 Å². The summed E-state index contributed by atoms with van der Waals surface area (Å²) >= 11 is 4.75. The van der Waals surface area contributed by atoms with Crippen molar-refractivity contribution in [3.05, 3.63) is 28.3 Å². The molecule has 0 aliphatic carbocycles. The normalized spacial score (nSPS) is 12.9. The number of halogens is 1. The van der Waals surface area contributed by atoms with Crippen molar-refractivity contribution in [2.45, 2.75) is 19.4 Å². The molecule has 17 heavy (non-hydrogen) atoms. The lowest BCUT2D eigenvalue weighted by molar-refractivity contribution is 0.545. The lowest BCUT2D eigenvalue weighted by atomic mass is 10.1. The third-order valence-corrected chi connectivity index (χ3v) is 3.59. The fourth-order valence-electron chi connectivity index (χ4n) is 1.67. The van der Waals surface area contributed by atoms with Crippen LogP contribution in [-0.2, 0) is 7.05 Å². The van der Waals surface area contributed by atoms with E-state index >= 15 is 0 Å². The van der Waals surface area contributed by atoms with E-state index in [0.717, 1.165) is 28.8 Å². The molecule has 0 aliphatic heterocycles. The standard InChI is InChI=1S/C10H14BrN5S/c1-3-4-12-9(8-6-14-17-15-8)10-7(11)5-13-16(10)2/h5-6,9,12H,3-4H2,1-2H3. The molecule has 2 aromatic rings. The Bertz CT molecular complexity index is 448. The average molecular weight is 316 g/mol. The van der Waals surface area contributed by atoms with E-state index in [2.05, 4.69) is 42.0 Å². The molecule has 1 atom stereocenters. The lowest BCUT2D eigenvalue weighted by Crippen LogP contribution is -2.25. The highest BCUT2D eigenvalue weighted by molar-refractivity contribution is 9.10. The molecular formula is C10H14BrN5S. The molecular weight excluding hydrogens is 302 g/mol. The van der Waals surface area contributed by atoms with Gasteiger partial charge in [0.05, 0.1) is 46.0 Å². The van der Waals surface area contributed by atoms with Gasteiger partial charge in [-0.05, 0) is 28.9 Å². The number of aryl methyl sites for hydroxylation is 1. The number of rotatable bonds is 5. The van der Waals surface area contributed by atoms with Crippen LogP contribution in [0.25, 0.3) is 0 Å². The molecule has 1 unspecified atom stereocenters. The van der Waals surface area contributed by atoms with E-state index in [9.17, 15) is 0 Å². The van der Waals surface area contributed by atoms with Gasteiger partial charge >= 0.3 is 0 Å². The van der Waals surface area contributed by atoms with Gasteiger partial charge in [-0.1, -0.05) is 6.92 Å². The maximum absolute atomic E-state index is 4.31. The summed E-state index contributed by atoms with van der Waals surface area (Å²) in [5.41, 5.74) is 2.01. The van der Waals surface area contributed by atoms with E-state index in [1.54, 1.807) is 12.4 Å². The first-order valence-electron chi connectivity index (χ1n) is 5.42. The third-order valence-electron chi connectivity index (χ3n) is 2.48. The van der Waals surface area contributed by atoms with Crippen LogP contribution in [0.3, 0.4) is 0 Å². The summed E-state index contributed by atoms with van der Waals surface area (Å²) in [6.45, 7) is 3.07. The highest BCUT2D eigenvalue weighted by Gasteiger charge is 2.22. The minimum atomic E-state index is 0.0376. The predicted molar refractivity (Wildman–Crippen MR) is 71.0 cm³/mol. The van der Waals surface area contributed by atoms with E-state index < -0.39 is 0 Å². The van der Waals surface area contributed by atoms with Crippen LogP contribution in [-0.4, -0.2) is 25.1 Å². The smallest absolute Gasteiger partial charge is 0.0974 e. The first-order valence-corrected chi connectivity index (χ1v) is 6.94. The van der Waals surface area contributed by atoms with Gasteiger partial charge in [0.25, 0.3) is 0 Å². The van der Waals surface area contributed by atoms with Crippen molar-refractivity contribution in [3.63, 3.8) is 0 Å². The molecule has 0 saturated heterocycles. The molecule has 92 valence electrons. The summed E-state index contributed by atoms with van der Waals surface area (Å²) in [6, 6.07) is 0.0376. The Morgan fingerprint density at radius 1 is 1.53 bits per heavy atom. The van der Waals surface area contributed by atoms with Crippen molar-refractivity contribution in [3.8, 4) is 0 Å². The van der Waals surface area contributed by atoms with Crippen molar-refractivity contribution in [2.24, 2.45) is 7.05 Å². The van der Waals surface area contributed by atoms with E-state index in [0.29, 0.717) is 0 Å². The number of aromatic nitrogens is 4. The Kier molecular flexibility index (Phi) is 4.25. The fraction of sp³-hybridized carbons (Fsp3) is 0.500. The topological polar surface area (TPSA) is 55.6 Å². The zero-order valence-electron chi connectivity index (χ0n) is 9.72. The molecule has 7 heteroatoms. The van der Waals surface area contributed by atoms with Crippen LogP contribution in [0.4, 0.5) is 0 Å². The summed E-state index contributed by atoms with van der Waals surface area (Å²) in [7, 11) is 1.93. The van der Waals surface area contributed by atoms with Crippen LogP contribution in [0.5, 0.6) is 0 Å². The van der Waals surface area contributed by atoms with Gasteiger partial charge in [0.15, 0.2) is 0 Å². The molecule has 0 radical (unpaired) electrons. The van der Waals surface area contributed by atoms with Crippen LogP contribution < -0.4 is 5.32 Å².